The third kappa shape index (κ3) is 3.87. The molecule has 2 aromatic heterocycles. The molecule has 0 spiro atoms. The lowest BCUT2D eigenvalue weighted by molar-refractivity contribution is 0.0640. The molecule has 3 rings (SSSR count). The van der Waals surface area contributed by atoms with E-state index < -0.39 is 5.82 Å². The van der Waals surface area contributed by atoms with Crippen LogP contribution in [0.15, 0.2) is 30.7 Å². The van der Waals surface area contributed by atoms with Gasteiger partial charge in [-0.15, -0.1) is 0 Å². The largest absolute Gasteiger partial charge is 0.340 e. The van der Waals surface area contributed by atoms with Gasteiger partial charge in [0, 0.05) is 38.4 Å². The van der Waals surface area contributed by atoms with Crippen LogP contribution in [0.2, 0.25) is 0 Å². The molecule has 0 radical (unpaired) electrons. The fraction of sp³-hybridized carbons (Fsp3) is 0.500. The zero-order valence-corrected chi connectivity index (χ0v) is 14.9. The molecule has 6 nitrogen and oxygen atoms in total. The molecule has 0 saturated carbocycles. The van der Waals surface area contributed by atoms with Gasteiger partial charge in [-0.05, 0) is 44.5 Å². The molecule has 1 amide bonds. The van der Waals surface area contributed by atoms with Crippen LogP contribution in [0.3, 0.4) is 0 Å². The number of hydrogen-bond donors (Lipinski definition) is 0. The number of piperidine rings is 1. The second-order valence-electron chi connectivity index (χ2n) is 6.82. The van der Waals surface area contributed by atoms with Gasteiger partial charge in [0.15, 0.2) is 0 Å². The first-order chi connectivity index (χ1) is 12.0. The molecule has 0 unspecified atom stereocenters. The lowest BCUT2D eigenvalue weighted by Gasteiger charge is -2.40. The highest BCUT2D eigenvalue weighted by Gasteiger charge is 2.33. The highest BCUT2D eigenvalue weighted by molar-refractivity contribution is 5.92. The Hall–Kier alpha value is -2.28. The topological polar surface area (TPSA) is 54.3 Å². The second-order valence-corrected chi connectivity index (χ2v) is 6.82. The summed E-state index contributed by atoms with van der Waals surface area (Å²) in [6.45, 7) is 1.66. The van der Waals surface area contributed by atoms with Gasteiger partial charge in [0.1, 0.15) is 11.5 Å². The first-order valence-corrected chi connectivity index (χ1v) is 8.51. The van der Waals surface area contributed by atoms with Crippen molar-refractivity contribution in [1.82, 2.24) is 24.6 Å². The van der Waals surface area contributed by atoms with Crippen LogP contribution in [-0.4, -0.2) is 57.7 Å². The lowest BCUT2D eigenvalue weighted by Crippen LogP contribution is -2.42. The molecule has 1 aliphatic rings. The predicted molar refractivity (Wildman–Crippen MR) is 92.5 cm³/mol. The number of carbonyl (C=O) groups is 1. The van der Waals surface area contributed by atoms with Crippen LogP contribution in [0.5, 0.6) is 0 Å². The van der Waals surface area contributed by atoms with Crippen molar-refractivity contribution < 1.29 is 9.18 Å². The SMILES string of the molecule is CN(C[C@@H]1CCCN(C)[C@H]1c1cnn(C)c1)C(=O)c1ccc(F)cn1. The molecule has 25 heavy (non-hydrogen) atoms. The molecule has 1 aliphatic heterocycles. The van der Waals surface area contributed by atoms with E-state index >= 15 is 0 Å². The Kier molecular flexibility index (Phi) is 5.13. The highest BCUT2D eigenvalue weighted by atomic mass is 19.1. The minimum absolute atomic E-state index is 0.182. The summed E-state index contributed by atoms with van der Waals surface area (Å²) in [5.41, 5.74) is 1.45. The van der Waals surface area contributed by atoms with Crippen molar-refractivity contribution in [2.24, 2.45) is 13.0 Å². The molecule has 134 valence electrons. The number of aromatic nitrogens is 3. The van der Waals surface area contributed by atoms with Gasteiger partial charge in [0.2, 0.25) is 0 Å². The van der Waals surface area contributed by atoms with Gasteiger partial charge in [0.25, 0.3) is 5.91 Å². The molecular weight excluding hydrogens is 321 g/mol. The van der Waals surface area contributed by atoms with Gasteiger partial charge in [-0.25, -0.2) is 9.37 Å². The zero-order chi connectivity index (χ0) is 18.0. The molecule has 2 atom stereocenters. The summed E-state index contributed by atoms with van der Waals surface area (Å²) in [6.07, 6.45) is 7.19. The number of aryl methyl sites for hydroxylation is 1. The molecule has 1 saturated heterocycles. The van der Waals surface area contributed by atoms with Crippen molar-refractivity contribution in [3.05, 3.63) is 47.8 Å². The molecule has 0 N–H and O–H groups in total. The van der Waals surface area contributed by atoms with Crippen molar-refractivity contribution in [2.45, 2.75) is 18.9 Å². The number of pyridine rings is 1. The molecule has 0 aliphatic carbocycles. The van der Waals surface area contributed by atoms with Crippen LogP contribution in [0.1, 0.15) is 34.9 Å². The molecule has 0 aromatic carbocycles. The number of rotatable bonds is 4. The molecular formula is C18H24FN5O. The summed E-state index contributed by atoms with van der Waals surface area (Å²) in [7, 11) is 5.81. The Morgan fingerprint density at radius 2 is 2.16 bits per heavy atom. The standard InChI is InChI=1S/C18H24FN5O/c1-22-8-4-5-13(17(22)14-9-21-24(3)12-14)11-23(2)18(25)16-7-6-15(19)10-20-16/h6-7,9-10,12-13,17H,4-5,8,11H2,1-3H3/t13-,17+/m0/s1. The maximum atomic E-state index is 13.0. The van der Waals surface area contributed by atoms with E-state index in [2.05, 4.69) is 22.0 Å². The fourth-order valence-electron chi connectivity index (χ4n) is 3.70. The number of hydrogen-bond acceptors (Lipinski definition) is 4. The Labute approximate surface area is 147 Å². The van der Waals surface area contributed by atoms with Crippen LogP contribution >= 0.6 is 0 Å². The first kappa shape index (κ1) is 17.5. The van der Waals surface area contributed by atoms with E-state index in [1.165, 1.54) is 17.7 Å². The summed E-state index contributed by atoms with van der Waals surface area (Å²) in [4.78, 5) is 20.5. The molecule has 0 bridgehead atoms. The summed E-state index contributed by atoms with van der Waals surface area (Å²) >= 11 is 0. The third-order valence-corrected chi connectivity index (χ3v) is 4.88. The lowest BCUT2D eigenvalue weighted by atomic mass is 9.85. The van der Waals surface area contributed by atoms with Gasteiger partial charge >= 0.3 is 0 Å². The Morgan fingerprint density at radius 3 is 2.80 bits per heavy atom. The monoisotopic (exact) mass is 345 g/mol. The van der Waals surface area contributed by atoms with E-state index in [4.69, 9.17) is 0 Å². The van der Waals surface area contributed by atoms with Gasteiger partial charge in [-0.2, -0.15) is 5.10 Å². The van der Waals surface area contributed by atoms with Crippen LogP contribution < -0.4 is 0 Å². The third-order valence-electron chi connectivity index (χ3n) is 4.88. The predicted octanol–water partition coefficient (Wildman–Crippen LogP) is 2.11. The fourth-order valence-corrected chi connectivity index (χ4v) is 3.70. The molecule has 7 heteroatoms. The van der Waals surface area contributed by atoms with Crippen molar-refractivity contribution in [1.29, 1.82) is 0 Å². The van der Waals surface area contributed by atoms with E-state index in [0.717, 1.165) is 25.6 Å². The van der Waals surface area contributed by atoms with Crippen LogP contribution in [0.25, 0.3) is 0 Å². The minimum Gasteiger partial charge on any atom is -0.340 e. The number of halogens is 1. The number of nitrogens with zero attached hydrogens (tertiary/aromatic N) is 5. The zero-order valence-electron chi connectivity index (χ0n) is 14.9. The number of likely N-dealkylation sites (tertiary alicyclic amines) is 1. The van der Waals surface area contributed by atoms with E-state index in [-0.39, 0.29) is 17.6 Å². The Balaban J connectivity index is 1.74. The van der Waals surface area contributed by atoms with Crippen molar-refractivity contribution in [3.8, 4) is 0 Å². The normalized spacial score (nSPS) is 21.3. The van der Waals surface area contributed by atoms with Crippen molar-refractivity contribution in [3.63, 3.8) is 0 Å². The molecule has 3 heterocycles. The Morgan fingerprint density at radius 1 is 1.36 bits per heavy atom. The summed E-state index contributed by atoms with van der Waals surface area (Å²) in [5.74, 6) is -0.305. The summed E-state index contributed by atoms with van der Waals surface area (Å²) in [6, 6.07) is 2.93. The van der Waals surface area contributed by atoms with Crippen LogP contribution in [0, 0.1) is 11.7 Å². The second kappa shape index (κ2) is 7.31. The average Bonchev–Trinajstić information content (AvgIpc) is 3.01. The molecule has 1 fully saturated rings. The highest BCUT2D eigenvalue weighted by Crippen LogP contribution is 2.35. The van der Waals surface area contributed by atoms with Gasteiger partial charge in [0.05, 0.1) is 12.4 Å². The number of amides is 1. The maximum Gasteiger partial charge on any atom is 0.272 e. The quantitative estimate of drug-likeness (QED) is 0.852. The minimum atomic E-state index is -0.440. The van der Waals surface area contributed by atoms with E-state index in [1.807, 2.05) is 24.1 Å². The van der Waals surface area contributed by atoms with Crippen molar-refractivity contribution >= 4 is 5.91 Å². The first-order valence-electron chi connectivity index (χ1n) is 8.51. The van der Waals surface area contributed by atoms with Gasteiger partial charge in [-0.3, -0.25) is 14.4 Å². The number of carbonyl (C=O) groups excluding carboxylic acids is 1. The smallest absolute Gasteiger partial charge is 0.272 e. The van der Waals surface area contributed by atoms with Crippen LogP contribution in [0.4, 0.5) is 4.39 Å². The van der Waals surface area contributed by atoms with E-state index in [9.17, 15) is 9.18 Å². The Bertz CT molecular complexity index is 729. The summed E-state index contributed by atoms with van der Waals surface area (Å²) in [5, 5.41) is 4.29. The van der Waals surface area contributed by atoms with Crippen molar-refractivity contribution in [2.75, 3.05) is 27.2 Å². The van der Waals surface area contributed by atoms with Gasteiger partial charge in [-0.1, -0.05) is 0 Å². The summed E-state index contributed by atoms with van der Waals surface area (Å²) < 4.78 is 14.8. The maximum absolute atomic E-state index is 13.0. The van der Waals surface area contributed by atoms with E-state index in [0.29, 0.717) is 12.5 Å². The van der Waals surface area contributed by atoms with E-state index in [1.54, 1.807) is 11.9 Å². The molecule has 2 aromatic rings. The average molecular weight is 345 g/mol. The van der Waals surface area contributed by atoms with Crippen LogP contribution in [-0.2, 0) is 7.05 Å². The van der Waals surface area contributed by atoms with Gasteiger partial charge < -0.3 is 4.90 Å².